The van der Waals surface area contributed by atoms with Crippen LogP contribution in [0.2, 0.25) is 0 Å². The number of nitrogens with two attached hydrogens (primary N) is 1. The summed E-state index contributed by atoms with van der Waals surface area (Å²) in [7, 11) is 1.31. The van der Waals surface area contributed by atoms with Gasteiger partial charge in [0.05, 0.1) is 0 Å². The summed E-state index contributed by atoms with van der Waals surface area (Å²) in [6.45, 7) is 1.52. The van der Waals surface area contributed by atoms with Crippen LogP contribution in [0.3, 0.4) is 0 Å². The van der Waals surface area contributed by atoms with Crippen molar-refractivity contribution in [1.29, 1.82) is 0 Å². The number of amides is 2. The van der Waals surface area contributed by atoms with Crippen LogP contribution >= 0.6 is 34.9 Å². The molecule has 1 aromatic rings. The molecule has 3 atom stereocenters. The summed E-state index contributed by atoms with van der Waals surface area (Å²) in [5.41, 5.74) is 5.82. The van der Waals surface area contributed by atoms with E-state index in [4.69, 9.17) is 15.3 Å². The minimum absolute atomic E-state index is 0.0793. The maximum absolute atomic E-state index is 12.8. The monoisotopic (exact) mass is 515 g/mol. The standard InChI is InChI=1S/C19H25N5O6S3/c1-29-23-12(11-7-31-18(20)21-11)14(25)22-13-15(26)24-8-19(17(27)28,9-32-16(13)24)33-6-10-2-4-30-5-3-10/h7,10,13,16H,2-6,8-9H2,1H3,(H2,20,21)(H,22,25)(H,27,28)/t13?,16-,19?/m1/s1. The van der Waals surface area contributed by atoms with Crippen molar-refractivity contribution in [3.8, 4) is 0 Å². The number of fused-ring (bicyclic) bond motifs is 1. The first-order valence-corrected chi connectivity index (χ1v) is 13.3. The second-order valence-electron chi connectivity index (χ2n) is 7.98. The summed E-state index contributed by atoms with van der Waals surface area (Å²) in [6.07, 6.45) is 1.84. The van der Waals surface area contributed by atoms with Crippen LogP contribution in [0.15, 0.2) is 10.5 Å². The van der Waals surface area contributed by atoms with Gasteiger partial charge in [-0.3, -0.25) is 14.4 Å². The lowest BCUT2D eigenvalue weighted by atomic mass is 10.0. The number of nitrogens with one attached hydrogen (secondary N) is 1. The van der Waals surface area contributed by atoms with Gasteiger partial charge in [-0.2, -0.15) is 0 Å². The van der Waals surface area contributed by atoms with E-state index in [1.54, 1.807) is 5.38 Å². The molecule has 4 rings (SSSR count). The summed E-state index contributed by atoms with van der Waals surface area (Å²) in [6, 6.07) is -0.771. The van der Waals surface area contributed by atoms with Gasteiger partial charge >= 0.3 is 5.97 Å². The van der Waals surface area contributed by atoms with Gasteiger partial charge in [0.1, 0.15) is 29.0 Å². The predicted molar refractivity (Wildman–Crippen MR) is 126 cm³/mol. The van der Waals surface area contributed by atoms with E-state index < -0.39 is 22.7 Å². The molecule has 4 N–H and O–H groups in total. The normalized spacial score (nSPS) is 28.1. The number of thioether (sulfide) groups is 2. The maximum atomic E-state index is 12.8. The number of carboxylic acids is 1. The van der Waals surface area contributed by atoms with Gasteiger partial charge in [-0.05, 0) is 24.5 Å². The molecule has 14 heteroatoms. The molecule has 2 unspecified atom stereocenters. The van der Waals surface area contributed by atoms with Crippen molar-refractivity contribution in [2.45, 2.75) is 29.0 Å². The minimum atomic E-state index is -1.06. The number of anilines is 1. The van der Waals surface area contributed by atoms with Crippen molar-refractivity contribution in [2.75, 3.05) is 44.1 Å². The van der Waals surface area contributed by atoms with Crippen LogP contribution in [0.1, 0.15) is 18.5 Å². The van der Waals surface area contributed by atoms with E-state index in [9.17, 15) is 19.5 Å². The largest absolute Gasteiger partial charge is 0.480 e. The molecule has 3 fully saturated rings. The molecule has 0 saturated carbocycles. The van der Waals surface area contributed by atoms with Gasteiger partial charge in [-0.25, -0.2) is 4.98 Å². The molecular weight excluding hydrogens is 490 g/mol. The second-order valence-corrected chi connectivity index (χ2v) is 11.4. The van der Waals surface area contributed by atoms with Gasteiger partial charge in [0, 0.05) is 30.9 Å². The molecule has 0 spiro atoms. The minimum Gasteiger partial charge on any atom is -0.480 e. The van der Waals surface area contributed by atoms with Gasteiger partial charge in [-0.15, -0.1) is 34.9 Å². The van der Waals surface area contributed by atoms with Crippen molar-refractivity contribution in [1.82, 2.24) is 15.2 Å². The first-order chi connectivity index (χ1) is 15.8. The summed E-state index contributed by atoms with van der Waals surface area (Å²) in [4.78, 5) is 48.2. The van der Waals surface area contributed by atoms with Crippen LogP contribution in [0.25, 0.3) is 0 Å². The number of carboxylic acid groups (broad SMARTS) is 1. The fourth-order valence-corrected chi connectivity index (χ4v) is 7.64. The van der Waals surface area contributed by atoms with Crippen molar-refractivity contribution in [3.63, 3.8) is 0 Å². The Bertz CT molecular complexity index is 952. The number of β-lactam (4-membered cyclic amide) rings is 1. The first-order valence-electron chi connectivity index (χ1n) is 10.3. The third-order valence-corrected chi connectivity index (χ3v) is 9.85. The number of hydrogen-bond donors (Lipinski definition) is 3. The molecular formula is C19H25N5O6S3. The van der Waals surface area contributed by atoms with Gasteiger partial charge in [0.25, 0.3) is 5.91 Å². The molecule has 1 aromatic heterocycles. The van der Waals surface area contributed by atoms with E-state index in [1.165, 1.54) is 35.5 Å². The maximum Gasteiger partial charge on any atom is 0.322 e. The Kier molecular flexibility index (Phi) is 7.36. The number of carbonyl (C=O) groups excluding carboxylic acids is 2. The van der Waals surface area contributed by atoms with Crippen LogP contribution in [0, 0.1) is 5.92 Å². The van der Waals surface area contributed by atoms with Gasteiger partial charge in [0.15, 0.2) is 10.8 Å². The fraction of sp³-hybridized carbons (Fsp3) is 0.632. The molecule has 3 saturated heterocycles. The van der Waals surface area contributed by atoms with Crippen molar-refractivity contribution < 1.29 is 29.1 Å². The Balaban J connectivity index is 1.39. The molecule has 33 heavy (non-hydrogen) atoms. The Morgan fingerprint density at radius 1 is 1.48 bits per heavy atom. The van der Waals surface area contributed by atoms with Crippen LogP contribution in [0.5, 0.6) is 0 Å². The molecule has 0 radical (unpaired) electrons. The number of thiazole rings is 1. The lowest BCUT2D eigenvalue weighted by Crippen LogP contribution is -2.75. The average Bonchev–Trinajstić information content (AvgIpc) is 3.25. The highest BCUT2D eigenvalue weighted by Gasteiger charge is 2.58. The molecule has 180 valence electrons. The second kappa shape index (κ2) is 10.1. The highest BCUT2D eigenvalue weighted by Crippen LogP contribution is 2.45. The zero-order valence-corrected chi connectivity index (χ0v) is 20.3. The third kappa shape index (κ3) is 4.93. The number of aromatic nitrogens is 1. The molecule has 3 aliphatic heterocycles. The topological polar surface area (TPSA) is 156 Å². The van der Waals surface area contributed by atoms with Crippen molar-refractivity contribution in [2.24, 2.45) is 11.1 Å². The molecule has 11 nitrogen and oxygen atoms in total. The lowest BCUT2D eigenvalue weighted by Gasteiger charge is -2.53. The number of nitrogen functional groups attached to an aromatic ring is 1. The third-order valence-electron chi connectivity index (χ3n) is 5.83. The van der Waals surface area contributed by atoms with Gasteiger partial charge in [0.2, 0.25) is 5.91 Å². The lowest BCUT2D eigenvalue weighted by molar-refractivity contribution is -0.151. The number of rotatable bonds is 8. The van der Waals surface area contributed by atoms with Crippen LogP contribution in [0.4, 0.5) is 5.13 Å². The number of aliphatic carboxylic acids is 1. The predicted octanol–water partition coefficient (Wildman–Crippen LogP) is 0.459. The van der Waals surface area contributed by atoms with E-state index in [0.717, 1.165) is 29.9 Å². The summed E-state index contributed by atoms with van der Waals surface area (Å²) < 4.78 is 4.32. The summed E-state index contributed by atoms with van der Waals surface area (Å²) in [5, 5.41) is 17.9. The molecule has 0 aromatic carbocycles. The quantitative estimate of drug-likeness (QED) is 0.252. The molecule has 0 aliphatic carbocycles. The average molecular weight is 516 g/mol. The molecule has 0 bridgehead atoms. The van der Waals surface area contributed by atoms with Crippen LogP contribution in [-0.4, -0.2) is 93.0 Å². The van der Waals surface area contributed by atoms with E-state index in [1.807, 2.05) is 0 Å². The number of carbonyl (C=O) groups is 3. The van der Waals surface area contributed by atoms with Crippen LogP contribution < -0.4 is 11.1 Å². The summed E-state index contributed by atoms with van der Waals surface area (Å²) >= 11 is 3.95. The van der Waals surface area contributed by atoms with E-state index in [0.29, 0.717) is 24.9 Å². The summed E-state index contributed by atoms with van der Waals surface area (Å²) in [5.74, 6) is -0.353. The van der Waals surface area contributed by atoms with Crippen molar-refractivity contribution in [3.05, 3.63) is 11.1 Å². The Labute approximate surface area is 202 Å². The number of oxime groups is 1. The van der Waals surface area contributed by atoms with E-state index in [-0.39, 0.29) is 34.4 Å². The Hall–Kier alpha value is -2.03. The molecule has 4 heterocycles. The molecule has 3 aliphatic rings. The number of nitrogens with zero attached hydrogens (tertiary/aromatic N) is 3. The highest BCUT2D eigenvalue weighted by atomic mass is 32.2. The number of ether oxygens (including phenoxy) is 1. The smallest absolute Gasteiger partial charge is 0.322 e. The number of hydrogen-bond acceptors (Lipinski definition) is 11. The zero-order valence-electron chi connectivity index (χ0n) is 17.9. The molecule has 2 amide bonds. The van der Waals surface area contributed by atoms with Gasteiger partial charge < -0.3 is 30.6 Å². The first kappa shape index (κ1) is 24.1. The van der Waals surface area contributed by atoms with Crippen LogP contribution in [-0.2, 0) is 24.0 Å². The van der Waals surface area contributed by atoms with Crippen molar-refractivity contribution >= 4 is 63.5 Å². The van der Waals surface area contributed by atoms with E-state index in [2.05, 4.69) is 15.5 Å². The Morgan fingerprint density at radius 2 is 2.24 bits per heavy atom. The highest BCUT2D eigenvalue weighted by molar-refractivity contribution is 8.05. The zero-order chi connectivity index (χ0) is 23.6. The SMILES string of the molecule is CON=C(C(=O)NC1C(=O)N2CC(SCC3CCOCC3)(C(=O)O)CS[C@H]12)c1csc(N)n1. The van der Waals surface area contributed by atoms with E-state index >= 15 is 0 Å². The van der Waals surface area contributed by atoms with Gasteiger partial charge in [-0.1, -0.05) is 5.16 Å². The Morgan fingerprint density at radius 3 is 2.88 bits per heavy atom. The fourth-order valence-electron chi connectivity index (χ4n) is 3.92.